The highest BCUT2D eigenvalue weighted by molar-refractivity contribution is 7.99. The number of nitrogens with two attached hydrogens (primary N) is 1. The Morgan fingerprint density at radius 3 is 2.44 bits per heavy atom. The van der Waals surface area contributed by atoms with Crippen LogP contribution in [0.3, 0.4) is 0 Å². The molecular weight excluding hydrogens is 244 g/mol. The molecule has 0 aliphatic heterocycles. The van der Waals surface area contributed by atoms with Crippen molar-refractivity contribution < 1.29 is 0 Å². The molecule has 0 aliphatic carbocycles. The normalized spacial score (nSPS) is 10.6. The molecule has 0 bridgehead atoms. The topological polar surface area (TPSA) is 67.7 Å². The lowest BCUT2D eigenvalue weighted by Crippen LogP contribution is -2.13. The Hall–Kier alpha value is -1.75. The Balaban J connectivity index is 2.39. The van der Waals surface area contributed by atoms with E-state index in [4.69, 9.17) is 11.1 Å². The quantitative estimate of drug-likeness (QED) is 0.658. The van der Waals surface area contributed by atoms with Crippen LogP contribution in [-0.2, 0) is 7.05 Å². The monoisotopic (exact) mass is 260 g/mol. The van der Waals surface area contributed by atoms with Gasteiger partial charge in [-0.05, 0) is 26.0 Å². The summed E-state index contributed by atoms with van der Waals surface area (Å²) in [5.74, 6) is 0.0650. The Labute approximate surface area is 111 Å². The minimum Gasteiger partial charge on any atom is -0.384 e. The summed E-state index contributed by atoms with van der Waals surface area (Å²) in [6.07, 6.45) is 0. The van der Waals surface area contributed by atoms with Crippen LogP contribution < -0.4 is 5.73 Å². The van der Waals surface area contributed by atoms with Crippen molar-refractivity contribution in [1.82, 2.24) is 9.78 Å². The highest BCUT2D eigenvalue weighted by Gasteiger charge is 2.16. The maximum absolute atomic E-state index is 7.64. The molecule has 2 aromatic rings. The number of nitrogens with one attached hydrogen (secondary N) is 1. The molecule has 0 amide bonds. The first-order chi connectivity index (χ1) is 8.49. The number of rotatable bonds is 3. The van der Waals surface area contributed by atoms with E-state index < -0.39 is 0 Å². The third-order valence-corrected chi connectivity index (χ3v) is 3.84. The van der Waals surface area contributed by atoms with Gasteiger partial charge in [0.1, 0.15) is 10.9 Å². The van der Waals surface area contributed by atoms with Gasteiger partial charge in [0.25, 0.3) is 0 Å². The van der Waals surface area contributed by atoms with Gasteiger partial charge in [0.05, 0.1) is 11.3 Å². The van der Waals surface area contributed by atoms with Crippen LogP contribution in [0.5, 0.6) is 0 Å². The fourth-order valence-electron chi connectivity index (χ4n) is 1.78. The summed E-state index contributed by atoms with van der Waals surface area (Å²) in [4.78, 5) is 1.12. The molecule has 0 radical (unpaired) electrons. The second-order valence-electron chi connectivity index (χ2n) is 4.22. The van der Waals surface area contributed by atoms with Crippen molar-refractivity contribution in [3.05, 3.63) is 41.1 Å². The van der Waals surface area contributed by atoms with Crippen LogP contribution >= 0.6 is 11.8 Å². The Morgan fingerprint density at radius 1 is 1.28 bits per heavy atom. The molecule has 94 valence electrons. The van der Waals surface area contributed by atoms with Crippen molar-refractivity contribution in [2.75, 3.05) is 0 Å². The Morgan fingerprint density at radius 2 is 1.89 bits per heavy atom. The molecule has 0 atom stereocenters. The van der Waals surface area contributed by atoms with Gasteiger partial charge in [0, 0.05) is 11.9 Å². The molecule has 1 aromatic heterocycles. The predicted molar refractivity (Wildman–Crippen MR) is 74.3 cm³/mol. The van der Waals surface area contributed by atoms with Crippen LogP contribution in [0.25, 0.3) is 0 Å². The van der Waals surface area contributed by atoms with Gasteiger partial charge in [-0.2, -0.15) is 5.10 Å². The number of nitrogen functional groups attached to an aromatic ring is 1. The molecule has 0 saturated carbocycles. The summed E-state index contributed by atoms with van der Waals surface area (Å²) in [7, 11) is 1.87. The van der Waals surface area contributed by atoms with Crippen LogP contribution in [0.4, 0.5) is 0 Å². The first-order valence-corrected chi connectivity index (χ1v) is 6.43. The van der Waals surface area contributed by atoms with Gasteiger partial charge in [0.2, 0.25) is 0 Å². The van der Waals surface area contributed by atoms with E-state index >= 15 is 0 Å². The predicted octanol–water partition coefficient (Wildman–Crippen LogP) is 2.47. The molecule has 0 saturated heterocycles. The second-order valence-corrected chi connectivity index (χ2v) is 5.28. The summed E-state index contributed by atoms with van der Waals surface area (Å²) in [5.41, 5.74) is 8.37. The van der Waals surface area contributed by atoms with Crippen LogP contribution in [0, 0.1) is 19.3 Å². The maximum atomic E-state index is 7.64. The molecule has 18 heavy (non-hydrogen) atoms. The maximum Gasteiger partial charge on any atom is 0.127 e. The van der Waals surface area contributed by atoms with Crippen LogP contribution in [0.2, 0.25) is 0 Å². The van der Waals surface area contributed by atoms with Gasteiger partial charge in [-0.1, -0.05) is 29.5 Å². The Kier molecular flexibility index (Phi) is 3.43. The third kappa shape index (κ3) is 2.41. The highest BCUT2D eigenvalue weighted by atomic mass is 32.2. The molecule has 2 rings (SSSR count). The van der Waals surface area contributed by atoms with E-state index in [1.807, 2.05) is 14.0 Å². The first-order valence-electron chi connectivity index (χ1n) is 5.61. The average Bonchev–Trinajstić information content (AvgIpc) is 2.57. The largest absolute Gasteiger partial charge is 0.384 e. The van der Waals surface area contributed by atoms with E-state index in [-0.39, 0.29) is 5.84 Å². The number of hydrogen-bond acceptors (Lipinski definition) is 3. The van der Waals surface area contributed by atoms with Crippen molar-refractivity contribution in [2.45, 2.75) is 23.8 Å². The number of benzene rings is 1. The van der Waals surface area contributed by atoms with Gasteiger partial charge >= 0.3 is 0 Å². The van der Waals surface area contributed by atoms with Crippen molar-refractivity contribution >= 4 is 17.6 Å². The van der Waals surface area contributed by atoms with Crippen molar-refractivity contribution in [1.29, 1.82) is 5.41 Å². The zero-order chi connectivity index (χ0) is 13.3. The molecule has 5 heteroatoms. The molecule has 4 nitrogen and oxygen atoms in total. The molecule has 0 aliphatic rings. The summed E-state index contributed by atoms with van der Waals surface area (Å²) in [5, 5.41) is 12.9. The minimum atomic E-state index is 0.0650. The minimum absolute atomic E-state index is 0.0650. The first kappa shape index (κ1) is 12.7. The van der Waals surface area contributed by atoms with Gasteiger partial charge in [0.15, 0.2) is 0 Å². The van der Waals surface area contributed by atoms with E-state index in [1.165, 1.54) is 5.56 Å². The fourth-order valence-corrected chi connectivity index (χ4v) is 2.81. The number of hydrogen-bond donors (Lipinski definition) is 2. The van der Waals surface area contributed by atoms with Crippen molar-refractivity contribution in [3.63, 3.8) is 0 Å². The smallest absolute Gasteiger partial charge is 0.127 e. The number of amidine groups is 1. The van der Waals surface area contributed by atoms with E-state index in [9.17, 15) is 0 Å². The molecular formula is C13H16N4S. The SMILES string of the molecule is Cc1ccc(Sc2c(C(=N)N)c(C)nn2C)cc1. The number of aryl methyl sites for hydroxylation is 3. The lowest BCUT2D eigenvalue weighted by Gasteiger charge is -2.05. The van der Waals surface area contributed by atoms with E-state index in [2.05, 4.69) is 36.3 Å². The molecule has 3 N–H and O–H groups in total. The molecule has 1 heterocycles. The van der Waals surface area contributed by atoms with Gasteiger partial charge in [-0.3, -0.25) is 10.1 Å². The third-order valence-electron chi connectivity index (χ3n) is 2.67. The fraction of sp³-hybridized carbons (Fsp3) is 0.231. The summed E-state index contributed by atoms with van der Waals surface area (Å²) >= 11 is 1.58. The van der Waals surface area contributed by atoms with Crippen LogP contribution in [0.15, 0.2) is 34.2 Å². The summed E-state index contributed by atoms with van der Waals surface area (Å²) < 4.78 is 1.77. The summed E-state index contributed by atoms with van der Waals surface area (Å²) in [6.45, 7) is 3.93. The zero-order valence-corrected chi connectivity index (χ0v) is 11.5. The standard InChI is InChI=1S/C13H16N4S/c1-8-4-6-10(7-5-8)18-13-11(12(14)15)9(2)16-17(13)3/h4-7H,1-3H3,(H3,14,15). The zero-order valence-electron chi connectivity index (χ0n) is 10.7. The summed E-state index contributed by atoms with van der Waals surface area (Å²) in [6, 6.07) is 8.26. The number of aromatic nitrogens is 2. The van der Waals surface area contributed by atoms with Crippen molar-refractivity contribution in [2.24, 2.45) is 12.8 Å². The van der Waals surface area contributed by atoms with Gasteiger partial charge in [-0.25, -0.2) is 0 Å². The average molecular weight is 260 g/mol. The molecule has 0 spiro atoms. The lowest BCUT2D eigenvalue weighted by molar-refractivity contribution is 0.692. The van der Waals surface area contributed by atoms with E-state index in [1.54, 1.807) is 16.4 Å². The highest BCUT2D eigenvalue weighted by Crippen LogP contribution is 2.31. The van der Waals surface area contributed by atoms with Crippen molar-refractivity contribution in [3.8, 4) is 0 Å². The van der Waals surface area contributed by atoms with E-state index in [0.29, 0.717) is 0 Å². The molecule has 0 unspecified atom stereocenters. The second kappa shape index (κ2) is 4.86. The van der Waals surface area contributed by atoms with Crippen LogP contribution in [-0.4, -0.2) is 15.6 Å². The van der Waals surface area contributed by atoms with Crippen LogP contribution in [0.1, 0.15) is 16.8 Å². The lowest BCUT2D eigenvalue weighted by atomic mass is 10.2. The Bertz CT molecular complexity index is 584. The molecule has 1 aromatic carbocycles. The van der Waals surface area contributed by atoms with Gasteiger partial charge in [-0.15, -0.1) is 0 Å². The van der Waals surface area contributed by atoms with E-state index in [0.717, 1.165) is 21.2 Å². The van der Waals surface area contributed by atoms with Gasteiger partial charge < -0.3 is 5.73 Å². The number of nitrogens with zero attached hydrogens (tertiary/aromatic N) is 2. The molecule has 0 fully saturated rings.